The summed E-state index contributed by atoms with van der Waals surface area (Å²) in [5.74, 6) is 1.10. The van der Waals surface area contributed by atoms with Gasteiger partial charge in [0.05, 0.1) is 0 Å². The van der Waals surface area contributed by atoms with Crippen molar-refractivity contribution < 1.29 is 0 Å². The summed E-state index contributed by atoms with van der Waals surface area (Å²) in [4.78, 5) is 1.34. The average molecular weight is 285 g/mol. The van der Waals surface area contributed by atoms with Gasteiger partial charge in [0.25, 0.3) is 0 Å². The molecule has 0 heterocycles. The van der Waals surface area contributed by atoms with Gasteiger partial charge in [0, 0.05) is 16.9 Å². The second-order valence-corrected chi connectivity index (χ2v) is 6.28. The van der Waals surface area contributed by atoms with Crippen molar-refractivity contribution >= 4 is 11.8 Å². The van der Waals surface area contributed by atoms with Crippen molar-refractivity contribution in [2.24, 2.45) is 5.73 Å². The molecule has 0 spiro atoms. The number of hydrogen-bond donors (Lipinski definition) is 1. The number of benzene rings is 2. The molecule has 0 amide bonds. The van der Waals surface area contributed by atoms with Gasteiger partial charge in [0.15, 0.2) is 0 Å². The fraction of sp³-hybridized carbons (Fsp3) is 0.333. The van der Waals surface area contributed by atoms with Crippen LogP contribution in [0.2, 0.25) is 0 Å². The molecule has 1 unspecified atom stereocenters. The number of nitrogens with two attached hydrogens (primary N) is 1. The Morgan fingerprint density at radius 2 is 1.55 bits per heavy atom. The lowest BCUT2D eigenvalue weighted by Crippen LogP contribution is -2.35. The summed E-state index contributed by atoms with van der Waals surface area (Å²) in [6, 6.07) is 21.3. The molecule has 0 aliphatic heterocycles. The summed E-state index contributed by atoms with van der Waals surface area (Å²) in [5.41, 5.74) is 7.61. The van der Waals surface area contributed by atoms with Crippen LogP contribution in [0, 0.1) is 0 Å². The molecule has 2 aromatic rings. The molecule has 2 rings (SSSR count). The molecule has 0 saturated carbocycles. The third-order valence-corrected chi connectivity index (χ3v) is 5.06. The Bertz CT molecular complexity index is 491. The third-order valence-electron chi connectivity index (χ3n) is 4.05. The molecule has 1 atom stereocenters. The van der Waals surface area contributed by atoms with Gasteiger partial charge < -0.3 is 5.73 Å². The summed E-state index contributed by atoms with van der Waals surface area (Å²) >= 11 is 1.92. The first-order valence-electron chi connectivity index (χ1n) is 7.24. The third kappa shape index (κ3) is 3.65. The summed E-state index contributed by atoms with van der Waals surface area (Å²) < 4.78 is 0. The Labute approximate surface area is 126 Å². The molecular weight excluding hydrogens is 262 g/mol. The van der Waals surface area contributed by atoms with E-state index in [-0.39, 0.29) is 5.41 Å². The Morgan fingerprint density at radius 3 is 2.10 bits per heavy atom. The van der Waals surface area contributed by atoms with E-state index in [4.69, 9.17) is 5.73 Å². The molecule has 1 nitrogen and oxygen atoms in total. The standard InChI is InChI=1S/C18H23NS/c1-2-18(15-19,16-9-5-3-6-10-16)13-14-20-17-11-7-4-8-12-17/h3-12H,2,13-15,19H2,1H3. The van der Waals surface area contributed by atoms with Gasteiger partial charge in [-0.25, -0.2) is 0 Å². The van der Waals surface area contributed by atoms with E-state index in [0.717, 1.165) is 18.6 Å². The van der Waals surface area contributed by atoms with Gasteiger partial charge >= 0.3 is 0 Å². The van der Waals surface area contributed by atoms with E-state index < -0.39 is 0 Å². The first-order valence-corrected chi connectivity index (χ1v) is 8.23. The Balaban J connectivity index is 2.03. The molecule has 0 radical (unpaired) electrons. The van der Waals surface area contributed by atoms with E-state index in [0.29, 0.717) is 6.54 Å². The highest BCUT2D eigenvalue weighted by atomic mass is 32.2. The summed E-state index contributed by atoms with van der Waals surface area (Å²) in [6.07, 6.45) is 2.20. The highest BCUT2D eigenvalue weighted by Crippen LogP contribution is 2.33. The van der Waals surface area contributed by atoms with Crippen LogP contribution in [-0.4, -0.2) is 12.3 Å². The molecular formula is C18H23NS. The summed E-state index contributed by atoms with van der Waals surface area (Å²) in [7, 11) is 0. The Morgan fingerprint density at radius 1 is 0.950 bits per heavy atom. The first-order chi connectivity index (χ1) is 9.80. The zero-order valence-electron chi connectivity index (χ0n) is 12.1. The monoisotopic (exact) mass is 285 g/mol. The van der Waals surface area contributed by atoms with E-state index in [2.05, 4.69) is 67.6 Å². The zero-order chi connectivity index (χ0) is 14.3. The van der Waals surface area contributed by atoms with Gasteiger partial charge in [-0.05, 0) is 36.3 Å². The molecule has 106 valence electrons. The van der Waals surface area contributed by atoms with Gasteiger partial charge in [0.2, 0.25) is 0 Å². The lowest BCUT2D eigenvalue weighted by atomic mass is 9.76. The number of rotatable bonds is 7. The van der Waals surface area contributed by atoms with Crippen molar-refractivity contribution in [1.29, 1.82) is 0 Å². The van der Waals surface area contributed by atoms with Crippen LogP contribution >= 0.6 is 11.8 Å². The van der Waals surface area contributed by atoms with Crippen LogP contribution in [0.5, 0.6) is 0 Å². The Kier molecular flexibility index (Phi) is 5.69. The first kappa shape index (κ1) is 15.1. The number of hydrogen-bond acceptors (Lipinski definition) is 2. The van der Waals surface area contributed by atoms with E-state index in [9.17, 15) is 0 Å². The van der Waals surface area contributed by atoms with Crippen molar-refractivity contribution in [2.45, 2.75) is 30.1 Å². The Hall–Kier alpha value is -1.25. The van der Waals surface area contributed by atoms with Gasteiger partial charge in [-0.2, -0.15) is 0 Å². The second-order valence-electron chi connectivity index (χ2n) is 5.12. The van der Waals surface area contributed by atoms with E-state index >= 15 is 0 Å². The van der Waals surface area contributed by atoms with Crippen molar-refractivity contribution in [3.8, 4) is 0 Å². The van der Waals surface area contributed by atoms with Crippen molar-refractivity contribution in [3.63, 3.8) is 0 Å². The van der Waals surface area contributed by atoms with Crippen LogP contribution in [0.15, 0.2) is 65.6 Å². The van der Waals surface area contributed by atoms with Crippen molar-refractivity contribution in [1.82, 2.24) is 0 Å². The SMILES string of the molecule is CCC(CN)(CCSc1ccccc1)c1ccccc1. The quantitative estimate of drug-likeness (QED) is 0.759. The van der Waals surface area contributed by atoms with Crippen LogP contribution in [0.25, 0.3) is 0 Å². The topological polar surface area (TPSA) is 26.0 Å². The van der Waals surface area contributed by atoms with Crippen LogP contribution in [0.1, 0.15) is 25.3 Å². The second kappa shape index (κ2) is 7.51. The molecule has 2 N–H and O–H groups in total. The molecule has 20 heavy (non-hydrogen) atoms. The normalized spacial score (nSPS) is 13.9. The summed E-state index contributed by atoms with van der Waals surface area (Å²) in [5, 5.41) is 0. The maximum atomic E-state index is 6.12. The molecule has 0 saturated heterocycles. The fourth-order valence-electron chi connectivity index (χ4n) is 2.56. The largest absolute Gasteiger partial charge is 0.330 e. The average Bonchev–Trinajstić information content (AvgIpc) is 2.54. The zero-order valence-corrected chi connectivity index (χ0v) is 12.9. The lowest BCUT2D eigenvalue weighted by Gasteiger charge is -2.32. The van der Waals surface area contributed by atoms with Gasteiger partial charge in [-0.15, -0.1) is 11.8 Å². The van der Waals surface area contributed by atoms with E-state index in [1.54, 1.807) is 0 Å². The van der Waals surface area contributed by atoms with E-state index in [1.165, 1.54) is 10.5 Å². The minimum Gasteiger partial charge on any atom is -0.330 e. The van der Waals surface area contributed by atoms with Gasteiger partial charge in [-0.1, -0.05) is 55.5 Å². The van der Waals surface area contributed by atoms with Gasteiger partial charge in [0.1, 0.15) is 0 Å². The predicted octanol–water partition coefficient (Wildman–Crippen LogP) is 4.48. The highest BCUT2D eigenvalue weighted by Gasteiger charge is 2.28. The van der Waals surface area contributed by atoms with Gasteiger partial charge in [-0.3, -0.25) is 0 Å². The highest BCUT2D eigenvalue weighted by molar-refractivity contribution is 7.99. The molecule has 2 aromatic carbocycles. The maximum absolute atomic E-state index is 6.12. The molecule has 0 bridgehead atoms. The number of thioether (sulfide) groups is 1. The minimum absolute atomic E-state index is 0.114. The smallest absolute Gasteiger partial charge is 0.00809 e. The van der Waals surface area contributed by atoms with Crippen LogP contribution in [0.3, 0.4) is 0 Å². The van der Waals surface area contributed by atoms with E-state index in [1.807, 2.05) is 11.8 Å². The molecule has 0 aliphatic rings. The molecule has 0 fully saturated rings. The summed E-state index contributed by atoms with van der Waals surface area (Å²) in [6.45, 7) is 2.95. The molecule has 0 aromatic heterocycles. The van der Waals surface area contributed by atoms with Crippen molar-refractivity contribution in [2.75, 3.05) is 12.3 Å². The maximum Gasteiger partial charge on any atom is 0.00809 e. The minimum atomic E-state index is 0.114. The fourth-order valence-corrected chi connectivity index (χ4v) is 3.64. The van der Waals surface area contributed by atoms with Crippen molar-refractivity contribution in [3.05, 3.63) is 66.2 Å². The van der Waals surface area contributed by atoms with Crippen LogP contribution < -0.4 is 5.73 Å². The molecule has 2 heteroatoms. The molecule has 0 aliphatic carbocycles. The van der Waals surface area contributed by atoms with Crippen LogP contribution in [-0.2, 0) is 5.41 Å². The predicted molar refractivity (Wildman–Crippen MR) is 89.2 cm³/mol. The van der Waals surface area contributed by atoms with Crippen LogP contribution in [0.4, 0.5) is 0 Å². The lowest BCUT2D eigenvalue weighted by molar-refractivity contribution is 0.410.